The molecule has 1 aromatic carbocycles. The van der Waals surface area contributed by atoms with E-state index < -0.39 is 10.0 Å². The van der Waals surface area contributed by atoms with Crippen LogP contribution < -0.4 is 4.72 Å². The van der Waals surface area contributed by atoms with Gasteiger partial charge in [0.15, 0.2) is 0 Å². The molecule has 0 aliphatic carbocycles. The van der Waals surface area contributed by atoms with Crippen molar-refractivity contribution >= 4 is 41.9 Å². The topological polar surface area (TPSA) is 49.4 Å². The number of sulfonamides is 1. The second kappa shape index (κ2) is 7.17. The van der Waals surface area contributed by atoms with E-state index in [1.807, 2.05) is 25.9 Å². The van der Waals surface area contributed by atoms with E-state index in [2.05, 4.69) is 36.6 Å². The van der Waals surface area contributed by atoms with Gasteiger partial charge in [0.05, 0.1) is 4.90 Å². The summed E-state index contributed by atoms with van der Waals surface area (Å²) < 4.78 is 28.6. The van der Waals surface area contributed by atoms with Crippen molar-refractivity contribution < 1.29 is 8.42 Å². The van der Waals surface area contributed by atoms with E-state index >= 15 is 0 Å². The molecule has 1 unspecified atom stereocenters. The Balaban J connectivity index is 2.83. The summed E-state index contributed by atoms with van der Waals surface area (Å²) in [6.07, 6.45) is 0.762. The maximum absolute atomic E-state index is 12.3. The zero-order chi connectivity index (χ0) is 14.6. The van der Waals surface area contributed by atoms with Crippen LogP contribution >= 0.6 is 31.9 Å². The van der Waals surface area contributed by atoms with Gasteiger partial charge < -0.3 is 4.90 Å². The van der Waals surface area contributed by atoms with Gasteiger partial charge in [0.2, 0.25) is 10.0 Å². The number of rotatable bonds is 6. The first kappa shape index (κ1) is 17.1. The number of halogens is 2. The average Bonchev–Trinajstić information content (AvgIpc) is 2.29. The molecule has 0 bridgehead atoms. The van der Waals surface area contributed by atoms with E-state index in [9.17, 15) is 8.42 Å². The number of hydrogen-bond acceptors (Lipinski definition) is 3. The van der Waals surface area contributed by atoms with Crippen LogP contribution in [0.2, 0.25) is 0 Å². The summed E-state index contributed by atoms with van der Waals surface area (Å²) in [5.41, 5.74) is 0. The van der Waals surface area contributed by atoms with Crippen LogP contribution in [0.3, 0.4) is 0 Å². The number of nitrogens with zero attached hydrogens (tertiary/aromatic N) is 1. The zero-order valence-electron chi connectivity index (χ0n) is 11.2. The highest BCUT2D eigenvalue weighted by atomic mass is 79.9. The largest absolute Gasteiger partial charge is 0.309 e. The predicted octanol–water partition coefficient (Wildman–Crippen LogP) is 2.83. The highest BCUT2D eigenvalue weighted by Crippen LogP contribution is 2.25. The van der Waals surface area contributed by atoms with E-state index in [0.29, 0.717) is 4.47 Å². The molecule has 0 heterocycles. The minimum absolute atomic E-state index is 0.113. The SMILES string of the molecule is CC(CCN(C)C)NS(=O)(=O)c1cc(Br)ccc1Br. The van der Waals surface area contributed by atoms with Crippen LogP contribution in [-0.2, 0) is 10.0 Å². The van der Waals surface area contributed by atoms with Crippen molar-refractivity contribution in [3.63, 3.8) is 0 Å². The lowest BCUT2D eigenvalue weighted by molar-refractivity contribution is 0.379. The molecule has 0 aliphatic heterocycles. The molecule has 19 heavy (non-hydrogen) atoms. The van der Waals surface area contributed by atoms with Gasteiger partial charge in [0.25, 0.3) is 0 Å². The average molecular weight is 414 g/mol. The Morgan fingerprint density at radius 2 is 1.95 bits per heavy atom. The molecular formula is C12H18Br2N2O2S. The summed E-state index contributed by atoms with van der Waals surface area (Å²) in [5.74, 6) is 0. The third kappa shape index (κ3) is 5.51. The third-order valence-corrected chi connectivity index (χ3v) is 5.63. The molecule has 0 saturated heterocycles. The smallest absolute Gasteiger partial charge is 0.241 e. The van der Waals surface area contributed by atoms with Crippen molar-refractivity contribution in [3.8, 4) is 0 Å². The standard InChI is InChI=1S/C12H18Br2N2O2S/c1-9(6-7-16(2)3)15-19(17,18)12-8-10(13)4-5-11(12)14/h4-5,8-9,15H,6-7H2,1-3H3. The molecular weight excluding hydrogens is 396 g/mol. The minimum atomic E-state index is -3.51. The molecule has 0 radical (unpaired) electrons. The molecule has 1 atom stereocenters. The zero-order valence-corrected chi connectivity index (χ0v) is 15.1. The van der Waals surface area contributed by atoms with E-state index in [0.717, 1.165) is 17.4 Å². The molecule has 7 heteroatoms. The summed E-state index contributed by atoms with van der Waals surface area (Å²) >= 11 is 6.56. The van der Waals surface area contributed by atoms with Crippen LogP contribution in [0.15, 0.2) is 32.0 Å². The molecule has 0 saturated carbocycles. The molecule has 1 N–H and O–H groups in total. The monoisotopic (exact) mass is 412 g/mol. The van der Waals surface area contributed by atoms with Gasteiger partial charge in [0.1, 0.15) is 0 Å². The molecule has 0 aromatic heterocycles. The third-order valence-electron chi connectivity index (χ3n) is 2.55. The van der Waals surface area contributed by atoms with Crippen molar-refractivity contribution in [1.82, 2.24) is 9.62 Å². The summed E-state index contributed by atoms with van der Waals surface area (Å²) in [7, 11) is 0.423. The van der Waals surface area contributed by atoms with E-state index in [1.165, 1.54) is 0 Å². The molecule has 1 rings (SSSR count). The van der Waals surface area contributed by atoms with E-state index in [-0.39, 0.29) is 10.9 Å². The van der Waals surface area contributed by atoms with Crippen molar-refractivity contribution in [2.45, 2.75) is 24.3 Å². The van der Waals surface area contributed by atoms with E-state index in [1.54, 1.807) is 18.2 Å². The van der Waals surface area contributed by atoms with Gasteiger partial charge in [-0.15, -0.1) is 0 Å². The minimum Gasteiger partial charge on any atom is -0.309 e. The normalized spacial score (nSPS) is 13.8. The highest BCUT2D eigenvalue weighted by molar-refractivity contribution is 9.11. The van der Waals surface area contributed by atoms with Crippen LogP contribution in [0.4, 0.5) is 0 Å². The molecule has 4 nitrogen and oxygen atoms in total. The molecule has 108 valence electrons. The van der Waals surface area contributed by atoms with Gasteiger partial charge in [-0.3, -0.25) is 0 Å². The Hall–Kier alpha value is 0.0500. The lowest BCUT2D eigenvalue weighted by atomic mass is 10.2. The van der Waals surface area contributed by atoms with Crippen LogP contribution in [0.5, 0.6) is 0 Å². The van der Waals surface area contributed by atoms with Gasteiger partial charge in [-0.05, 0) is 68.1 Å². The van der Waals surface area contributed by atoms with Crippen LogP contribution in [0, 0.1) is 0 Å². The Bertz CT molecular complexity index is 533. The summed E-state index contributed by atoms with van der Waals surface area (Å²) in [4.78, 5) is 2.28. The molecule has 0 aliphatic rings. The fourth-order valence-corrected chi connectivity index (χ4v) is 4.30. The molecule has 0 amide bonds. The second-order valence-electron chi connectivity index (χ2n) is 4.69. The summed E-state index contributed by atoms with van der Waals surface area (Å²) in [5, 5.41) is 0. The lowest BCUT2D eigenvalue weighted by Gasteiger charge is -2.17. The first-order valence-corrected chi connectivity index (χ1v) is 8.91. The molecule has 1 aromatic rings. The van der Waals surface area contributed by atoms with Crippen molar-refractivity contribution in [3.05, 3.63) is 27.1 Å². The number of benzene rings is 1. The number of hydrogen-bond donors (Lipinski definition) is 1. The quantitative estimate of drug-likeness (QED) is 0.779. The van der Waals surface area contributed by atoms with Gasteiger partial charge in [0, 0.05) is 15.0 Å². The van der Waals surface area contributed by atoms with Gasteiger partial charge >= 0.3 is 0 Å². The van der Waals surface area contributed by atoms with Crippen molar-refractivity contribution in [2.75, 3.05) is 20.6 Å². The second-order valence-corrected chi connectivity index (χ2v) is 8.14. The van der Waals surface area contributed by atoms with E-state index in [4.69, 9.17) is 0 Å². The predicted molar refractivity (Wildman–Crippen MR) is 84.8 cm³/mol. The van der Waals surface area contributed by atoms with Gasteiger partial charge in [-0.25, -0.2) is 13.1 Å². The van der Waals surface area contributed by atoms with Crippen molar-refractivity contribution in [2.24, 2.45) is 0 Å². The van der Waals surface area contributed by atoms with Crippen LogP contribution in [0.1, 0.15) is 13.3 Å². The fourth-order valence-electron chi connectivity index (χ4n) is 1.52. The first-order chi connectivity index (χ1) is 8.72. The summed E-state index contributed by atoms with van der Waals surface area (Å²) in [6, 6.07) is 4.98. The Kier molecular flexibility index (Phi) is 6.46. The molecule has 0 spiro atoms. The maximum atomic E-state index is 12.3. The summed E-state index contributed by atoms with van der Waals surface area (Å²) in [6.45, 7) is 2.70. The Morgan fingerprint density at radius 3 is 2.53 bits per heavy atom. The Morgan fingerprint density at radius 1 is 1.32 bits per heavy atom. The maximum Gasteiger partial charge on any atom is 0.241 e. The first-order valence-electron chi connectivity index (χ1n) is 5.84. The fraction of sp³-hybridized carbons (Fsp3) is 0.500. The van der Waals surface area contributed by atoms with Gasteiger partial charge in [-0.1, -0.05) is 15.9 Å². The van der Waals surface area contributed by atoms with Crippen molar-refractivity contribution in [1.29, 1.82) is 0 Å². The molecule has 0 fully saturated rings. The van der Waals surface area contributed by atoms with Crippen LogP contribution in [0.25, 0.3) is 0 Å². The number of nitrogens with one attached hydrogen (secondary N) is 1. The van der Waals surface area contributed by atoms with Gasteiger partial charge in [-0.2, -0.15) is 0 Å². The lowest BCUT2D eigenvalue weighted by Crippen LogP contribution is -2.35. The Labute approximate surface area is 131 Å². The highest BCUT2D eigenvalue weighted by Gasteiger charge is 2.20. The van der Waals surface area contributed by atoms with Crippen LogP contribution in [-0.4, -0.2) is 40.0 Å².